The number of aromatic hydroxyl groups is 1. The summed E-state index contributed by atoms with van der Waals surface area (Å²) in [4.78, 5) is 17.3. The van der Waals surface area contributed by atoms with Crippen molar-refractivity contribution in [2.75, 3.05) is 34.4 Å². The average molecular weight is 597 g/mol. The van der Waals surface area contributed by atoms with Crippen molar-refractivity contribution in [3.05, 3.63) is 81.6 Å². The summed E-state index contributed by atoms with van der Waals surface area (Å²) in [7, 11) is 4.90. The molecule has 5 aromatic rings. The van der Waals surface area contributed by atoms with Crippen molar-refractivity contribution in [1.29, 1.82) is 0 Å². The number of nitrogens with zero attached hydrogens (tertiary/aromatic N) is 2. The lowest BCUT2D eigenvalue weighted by molar-refractivity contribution is 0.372. The Labute approximate surface area is 254 Å². The van der Waals surface area contributed by atoms with Crippen LogP contribution >= 0.6 is 11.6 Å². The van der Waals surface area contributed by atoms with Crippen LogP contribution in [0.3, 0.4) is 0 Å². The number of methoxy groups -OCH3 is 3. The normalized spacial score (nSPS) is 14.4. The van der Waals surface area contributed by atoms with Crippen LogP contribution in [0.15, 0.2) is 58.5 Å². The van der Waals surface area contributed by atoms with E-state index in [0.717, 1.165) is 76.8 Å². The van der Waals surface area contributed by atoms with E-state index >= 15 is 0 Å². The first-order valence-electron chi connectivity index (χ1n) is 14.5. The maximum atomic E-state index is 10.5. The van der Waals surface area contributed by atoms with E-state index in [-0.39, 0.29) is 16.7 Å². The minimum Gasteiger partial charge on any atom is -0.503 e. The molecule has 43 heavy (non-hydrogen) atoms. The molecule has 3 N–H and O–H groups in total. The van der Waals surface area contributed by atoms with E-state index in [1.54, 1.807) is 14.2 Å². The topological polar surface area (TPSA) is 104 Å². The SMILES string of the molecule is COc1ccc2c3c([nH]c2c1)C(CC(CC1=NCCc2c1[nH]c1cc(OC)ccc21)c1cc(Cl)c(O)c(OC)c1)=NCC3. The maximum Gasteiger partial charge on any atom is 0.176 e. The molecular formula is C34H33ClN4O4. The second-order valence-electron chi connectivity index (χ2n) is 11.1. The summed E-state index contributed by atoms with van der Waals surface area (Å²) in [5, 5.41) is 13.2. The molecule has 0 radical (unpaired) electrons. The molecule has 0 spiro atoms. The zero-order valence-corrected chi connectivity index (χ0v) is 25.1. The first-order chi connectivity index (χ1) is 21.0. The standard InChI is InChI=1S/C34H33ClN4O4/c1-41-20-4-6-22-24-8-10-36-29(32(24)38-27(22)16-20)13-19(18-12-26(35)34(40)31(15-18)43-3)14-30-33-25(9-11-37-30)23-7-5-21(42-2)17-28(23)39-33/h4-7,12,15-17,19,38-40H,8-11,13-14H2,1-3H3. The quantitative estimate of drug-likeness (QED) is 0.180. The number of aromatic nitrogens is 2. The Balaban J connectivity index is 1.30. The zero-order valence-electron chi connectivity index (χ0n) is 24.4. The van der Waals surface area contributed by atoms with E-state index in [1.807, 2.05) is 36.4 Å². The summed E-state index contributed by atoms with van der Waals surface area (Å²) in [5.41, 5.74) is 9.78. The number of phenols is 1. The second-order valence-corrected chi connectivity index (χ2v) is 11.5. The van der Waals surface area contributed by atoms with Crippen LogP contribution < -0.4 is 14.2 Å². The van der Waals surface area contributed by atoms with E-state index < -0.39 is 0 Å². The molecule has 0 amide bonds. The third-order valence-electron chi connectivity index (χ3n) is 8.75. The van der Waals surface area contributed by atoms with Crippen LogP contribution in [-0.4, -0.2) is 60.9 Å². The van der Waals surface area contributed by atoms with E-state index in [2.05, 4.69) is 22.1 Å². The third kappa shape index (κ3) is 4.79. The molecule has 0 aliphatic carbocycles. The first-order valence-corrected chi connectivity index (χ1v) is 14.9. The van der Waals surface area contributed by atoms with Gasteiger partial charge in [-0.2, -0.15) is 0 Å². The molecule has 0 saturated heterocycles. The van der Waals surface area contributed by atoms with Gasteiger partial charge >= 0.3 is 0 Å². The molecule has 9 heteroatoms. The summed E-state index contributed by atoms with van der Waals surface area (Å²) in [6.07, 6.45) is 3.07. The van der Waals surface area contributed by atoms with Crippen LogP contribution in [0.5, 0.6) is 23.0 Å². The molecule has 0 fully saturated rings. The summed E-state index contributed by atoms with van der Waals surface area (Å²) in [5.74, 6) is 1.88. The van der Waals surface area contributed by atoms with E-state index in [0.29, 0.717) is 18.6 Å². The van der Waals surface area contributed by atoms with Gasteiger partial charge in [0.2, 0.25) is 0 Å². The van der Waals surface area contributed by atoms with Crippen molar-refractivity contribution in [1.82, 2.24) is 9.97 Å². The predicted octanol–water partition coefficient (Wildman–Crippen LogP) is 6.99. The van der Waals surface area contributed by atoms with E-state index in [4.69, 9.17) is 35.8 Å². The van der Waals surface area contributed by atoms with Crippen molar-refractivity contribution in [3.63, 3.8) is 0 Å². The Morgan fingerprint density at radius 1 is 0.767 bits per heavy atom. The highest BCUT2D eigenvalue weighted by molar-refractivity contribution is 6.32. The van der Waals surface area contributed by atoms with Crippen LogP contribution in [0.25, 0.3) is 21.8 Å². The van der Waals surface area contributed by atoms with Crippen molar-refractivity contribution < 1.29 is 19.3 Å². The third-order valence-corrected chi connectivity index (χ3v) is 9.04. The fraction of sp³-hybridized carbons (Fsp3) is 0.294. The highest BCUT2D eigenvalue weighted by atomic mass is 35.5. The fourth-order valence-corrected chi connectivity index (χ4v) is 6.81. The second kappa shape index (κ2) is 11.0. The minimum absolute atomic E-state index is 0.0386. The van der Waals surface area contributed by atoms with Crippen LogP contribution in [0.1, 0.15) is 46.8 Å². The number of phenolic OH excluding ortho intramolecular Hbond substituents is 1. The number of hydrogen-bond donors (Lipinski definition) is 3. The van der Waals surface area contributed by atoms with Crippen LogP contribution in [0, 0.1) is 0 Å². The van der Waals surface area contributed by atoms with Gasteiger partial charge < -0.3 is 29.3 Å². The highest BCUT2D eigenvalue weighted by Crippen LogP contribution is 2.41. The molecule has 220 valence electrons. The van der Waals surface area contributed by atoms with Gasteiger partial charge in [-0.05, 0) is 84.7 Å². The first kappa shape index (κ1) is 27.4. The summed E-state index contributed by atoms with van der Waals surface area (Å²) in [6, 6.07) is 16.0. The van der Waals surface area contributed by atoms with Gasteiger partial charge in [-0.1, -0.05) is 11.6 Å². The molecule has 0 saturated carbocycles. The lowest BCUT2D eigenvalue weighted by Gasteiger charge is -2.24. The number of rotatable bonds is 8. The fourth-order valence-electron chi connectivity index (χ4n) is 6.59. The number of benzene rings is 3. The average Bonchev–Trinajstić information content (AvgIpc) is 3.60. The molecule has 8 nitrogen and oxygen atoms in total. The molecule has 2 aliphatic heterocycles. The predicted molar refractivity (Wildman–Crippen MR) is 172 cm³/mol. The summed E-state index contributed by atoms with van der Waals surface area (Å²) in [6.45, 7) is 1.45. The molecular weight excluding hydrogens is 564 g/mol. The van der Waals surface area contributed by atoms with Crippen LogP contribution in [-0.2, 0) is 12.8 Å². The largest absolute Gasteiger partial charge is 0.503 e. The number of ether oxygens (including phenoxy) is 3. The van der Waals surface area contributed by atoms with Gasteiger partial charge in [-0.15, -0.1) is 0 Å². The van der Waals surface area contributed by atoms with Crippen LogP contribution in [0.2, 0.25) is 5.02 Å². The Kier molecular flexibility index (Phi) is 7.01. The van der Waals surface area contributed by atoms with Gasteiger partial charge in [0.25, 0.3) is 0 Å². The Morgan fingerprint density at radius 3 is 1.79 bits per heavy atom. The molecule has 3 aromatic carbocycles. The van der Waals surface area contributed by atoms with Gasteiger partial charge in [-0.3, -0.25) is 9.98 Å². The summed E-state index contributed by atoms with van der Waals surface area (Å²) >= 11 is 6.53. The number of halogens is 1. The molecule has 2 aromatic heterocycles. The van der Waals surface area contributed by atoms with Gasteiger partial charge in [0.05, 0.1) is 49.2 Å². The Morgan fingerprint density at radius 2 is 1.30 bits per heavy atom. The number of fused-ring (bicyclic) bond motifs is 6. The van der Waals surface area contributed by atoms with Gasteiger partial charge in [0.15, 0.2) is 11.5 Å². The van der Waals surface area contributed by atoms with Gasteiger partial charge in [0, 0.05) is 47.0 Å². The van der Waals surface area contributed by atoms with Crippen molar-refractivity contribution in [2.45, 2.75) is 31.6 Å². The molecule has 2 aliphatic rings. The Bertz CT molecular complexity index is 1830. The Hall–Kier alpha value is -4.43. The maximum absolute atomic E-state index is 10.5. The number of hydrogen-bond acceptors (Lipinski definition) is 6. The molecule has 0 bridgehead atoms. The molecule has 7 rings (SSSR count). The van der Waals surface area contributed by atoms with Crippen molar-refractivity contribution in [2.24, 2.45) is 9.98 Å². The number of aromatic amines is 2. The van der Waals surface area contributed by atoms with Gasteiger partial charge in [0.1, 0.15) is 11.5 Å². The van der Waals surface area contributed by atoms with Crippen molar-refractivity contribution in [3.8, 4) is 23.0 Å². The van der Waals surface area contributed by atoms with Gasteiger partial charge in [-0.25, -0.2) is 0 Å². The summed E-state index contributed by atoms with van der Waals surface area (Å²) < 4.78 is 16.5. The number of H-pyrrole nitrogens is 2. The molecule has 4 heterocycles. The smallest absolute Gasteiger partial charge is 0.176 e. The zero-order chi connectivity index (χ0) is 29.7. The number of nitrogens with one attached hydrogen (secondary N) is 2. The lowest BCUT2D eigenvalue weighted by Crippen LogP contribution is -2.20. The monoisotopic (exact) mass is 596 g/mol. The highest BCUT2D eigenvalue weighted by Gasteiger charge is 2.28. The molecule has 0 unspecified atom stereocenters. The van der Waals surface area contributed by atoms with E-state index in [9.17, 15) is 5.11 Å². The van der Waals surface area contributed by atoms with E-state index in [1.165, 1.54) is 29.0 Å². The molecule has 0 atom stereocenters. The number of aliphatic imine (C=N–C) groups is 2. The van der Waals surface area contributed by atoms with Crippen molar-refractivity contribution >= 4 is 44.8 Å². The van der Waals surface area contributed by atoms with Crippen LogP contribution in [0.4, 0.5) is 0 Å². The lowest BCUT2D eigenvalue weighted by atomic mass is 9.84. The minimum atomic E-state index is -0.0598.